The van der Waals surface area contributed by atoms with E-state index in [2.05, 4.69) is 38.0 Å². The molecule has 0 aromatic heterocycles. The molecule has 2 amide bonds. The van der Waals surface area contributed by atoms with Gasteiger partial charge in [0.1, 0.15) is 11.6 Å². The van der Waals surface area contributed by atoms with Crippen LogP contribution in [0.25, 0.3) is 0 Å². The van der Waals surface area contributed by atoms with Crippen LogP contribution in [-0.2, 0) is 14.3 Å². The van der Waals surface area contributed by atoms with Crippen LogP contribution in [0, 0.1) is 3.57 Å². The Labute approximate surface area is 154 Å². The van der Waals surface area contributed by atoms with Crippen LogP contribution in [0.15, 0.2) is 24.3 Å². The Kier molecular flexibility index (Phi) is 7.46. The van der Waals surface area contributed by atoms with Crippen molar-refractivity contribution in [2.75, 3.05) is 13.7 Å². The molecule has 0 fully saturated rings. The second-order valence-electron chi connectivity index (χ2n) is 5.94. The summed E-state index contributed by atoms with van der Waals surface area (Å²) >= 11 is 2.13. The highest BCUT2D eigenvalue weighted by Gasteiger charge is 2.24. The third-order valence-electron chi connectivity index (χ3n) is 2.75. The van der Waals surface area contributed by atoms with Crippen LogP contribution in [0.4, 0.5) is 4.79 Å². The van der Waals surface area contributed by atoms with Crippen LogP contribution in [0.3, 0.4) is 0 Å². The lowest BCUT2D eigenvalue weighted by Crippen LogP contribution is -2.49. The molecule has 0 saturated heterocycles. The van der Waals surface area contributed by atoms with E-state index in [1.165, 1.54) is 7.11 Å². The van der Waals surface area contributed by atoms with Gasteiger partial charge in [0.25, 0.3) is 5.91 Å². The molecule has 0 aliphatic rings. The van der Waals surface area contributed by atoms with E-state index in [-0.39, 0.29) is 6.54 Å². The van der Waals surface area contributed by atoms with E-state index in [9.17, 15) is 14.4 Å². The fourth-order valence-corrected chi connectivity index (χ4v) is 2.04. The molecule has 0 spiro atoms. The molecule has 1 rings (SSSR count). The molecule has 0 saturated carbocycles. The van der Waals surface area contributed by atoms with Crippen LogP contribution < -0.4 is 10.6 Å². The van der Waals surface area contributed by atoms with Crippen LogP contribution >= 0.6 is 22.6 Å². The van der Waals surface area contributed by atoms with Gasteiger partial charge in [0.15, 0.2) is 0 Å². The first-order chi connectivity index (χ1) is 11.1. The summed E-state index contributed by atoms with van der Waals surface area (Å²) in [4.78, 5) is 35.7. The van der Waals surface area contributed by atoms with Crippen molar-refractivity contribution in [3.63, 3.8) is 0 Å². The highest BCUT2D eigenvalue weighted by atomic mass is 127. The molecule has 0 aliphatic heterocycles. The topological polar surface area (TPSA) is 93.7 Å². The maximum atomic E-state index is 12.2. The molecule has 8 heteroatoms. The number of benzene rings is 1. The maximum Gasteiger partial charge on any atom is 0.407 e. The van der Waals surface area contributed by atoms with Gasteiger partial charge < -0.3 is 20.1 Å². The van der Waals surface area contributed by atoms with Crippen LogP contribution in [-0.4, -0.2) is 43.3 Å². The SMILES string of the molecule is COC(=O)C(CNC(=O)OC(C)(C)C)NC(=O)c1ccc(I)cc1. The molecule has 1 atom stereocenters. The Morgan fingerprint density at radius 1 is 1.17 bits per heavy atom. The van der Waals surface area contributed by atoms with Crippen molar-refractivity contribution in [1.82, 2.24) is 10.6 Å². The first-order valence-corrected chi connectivity index (χ1v) is 8.31. The number of carbonyl (C=O) groups excluding carboxylic acids is 3. The standard InChI is InChI=1S/C16H21IN2O5/c1-16(2,3)24-15(22)18-9-12(14(21)23-4)19-13(20)10-5-7-11(17)8-6-10/h5-8,12H,9H2,1-4H3,(H,18,22)(H,19,20). The van der Waals surface area contributed by atoms with Crippen LogP contribution in [0.5, 0.6) is 0 Å². The average Bonchev–Trinajstić information content (AvgIpc) is 2.49. The number of ether oxygens (including phenoxy) is 2. The lowest BCUT2D eigenvalue weighted by Gasteiger charge is -2.21. The molecule has 0 heterocycles. The van der Waals surface area contributed by atoms with E-state index < -0.39 is 29.6 Å². The van der Waals surface area contributed by atoms with E-state index in [0.717, 1.165) is 3.57 Å². The lowest BCUT2D eigenvalue weighted by molar-refractivity contribution is -0.142. The number of esters is 1. The van der Waals surface area contributed by atoms with Crippen molar-refractivity contribution in [2.24, 2.45) is 0 Å². The molecule has 1 aromatic carbocycles. The molecule has 2 N–H and O–H groups in total. The summed E-state index contributed by atoms with van der Waals surface area (Å²) in [7, 11) is 1.21. The van der Waals surface area contributed by atoms with E-state index >= 15 is 0 Å². The van der Waals surface area contributed by atoms with Gasteiger partial charge in [-0.2, -0.15) is 0 Å². The Hall–Kier alpha value is -1.84. The Morgan fingerprint density at radius 2 is 1.75 bits per heavy atom. The summed E-state index contributed by atoms with van der Waals surface area (Å²) in [5, 5.41) is 4.98. The highest BCUT2D eigenvalue weighted by Crippen LogP contribution is 2.08. The largest absolute Gasteiger partial charge is 0.467 e. The monoisotopic (exact) mass is 448 g/mol. The fraction of sp³-hybridized carbons (Fsp3) is 0.438. The summed E-state index contributed by atoms with van der Waals surface area (Å²) in [6.45, 7) is 5.03. The summed E-state index contributed by atoms with van der Waals surface area (Å²) in [5.41, 5.74) is -0.253. The highest BCUT2D eigenvalue weighted by molar-refractivity contribution is 14.1. The quantitative estimate of drug-likeness (QED) is 0.532. The number of carbonyl (C=O) groups is 3. The lowest BCUT2D eigenvalue weighted by atomic mass is 10.2. The number of halogens is 1. The van der Waals surface area contributed by atoms with Crippen molar-refractivity contribution in [3.8, 4) is 0 Å². The van der Waals surface area contributed by atoms with E-state index in [0.29, 0.717) is 5.56 Å². The van der Waals surface area contributed by atoms with Gasteiger partial charge in [-0.25, -0.2) is 9.59 Å². The second-order valence-corrected chi connectivity index (χ2v) is 7.18. The molecular formula is C16H21IN2O5. The molecule has 0 aliphatic carbocycles. The average molecular weight is 448 g/mol. The number of methoxy groups -OCH3 is 1. The molecule has 24 heavy (non-hydrogen) atoms. The molecular weight excluding hydrogens is 427 g/mol. The van der Waals surface area contributed by atoms with Gasteiger partial charge in [0, 0.05) is 9.13 Å². The number of alkyl carbamates (subject to hydrolysis) is 1. The zero-order valence-electron chi connectivity index (χ0n) is 14.0. The summed E-state index contributed by atoms with van der Waals surface area (Å²) in [6.07, 6.45) is -0.681. The molecule has 132 valence electrons. The summed E-state index contributed by atoms with van der Waals surface area (Å²) in [5.74, 6) is -1.10. The molecule has 7 nitrogen and oxygen atoms in total. The number of hydrogen-bond acceptors (Lipinski definition) is 5. The van der Waals surface area contributed by atoms with Gasteiger partial charge in [-0.15, -0.1) is 0 Å². The van der Waals surface area contributed by atoms with Gasteiger partial charge >= 0.3 is 12.1 Å². The predicted molar refractivity (Wildman–Crippen MR) is 96.7 cm³/mol. The molecule has 1 unspecified atom stereocenters. The van der Waals surface area contributed by atoms with Gasteiger partial charge in [0.2, 0.25) is 0 Å². The van der Waals surface area contributed by atoms with Crippen molar-refractivity contribution in [2.45, 2.75) is 32.4 Å². The van der Waals surface area contributed by atoms with Gasteiger partial charge in [-0.05, 0) is 67.6 Å². The Balaban J connectivity index is 2.68. The van der Waals surface area contributed by atoms with E-state index in [1.54, 1.807) is 45.0 Å². The van der Waals surface area contributed by atoms with Gasteiger partial charge in [-0.1, -0.05) is 0 Å². The number of nitrogens with one attached hydrogen (secondary N) is 2. The van der Waals surface area contributed by atoms with Crippen molar-refractivity contribution in [3.05, 3.63) is 33.4 Å². The number of amides is 2. The van der Waals surface area contributed by atoms with E-state index in [1.807, 2.05) is 0 Å². The minimum Gasteiger partial charge on any atom is -0.467 e. The van der Waals surface area contributed by atoms with Crippen molar-refractivity contribution < 1.29 is 23.9 Å². The van der Waals surface area contributed by atoms with Gasteiger partial charge in [0.05, 0.1) is 13.7 Å². The third kappa shape index (κ3) is 7.16. The first kappa shape index (κ1) is 20.2. The van der Waals surface area contributed by atoms with Crippen LogP contribution in [0.2, 0.25) is 0 Å². The second kappa shape index (κ2) is 8.86. The predicted octanol–water partition coefficient (Wildman–Crippen LogP) is 2.09. The first-order valence-electron chi connectivity index (χ1n) is 7.23. The van der Waals surface area contributed by atoms with Crippen molar-refractivity contribution in [1.29, 1.82) is 0 Å². The minimum atomic E-state index is -1.02. The molecule has 0 radical (unpaired) electrons. The normalized spacial score (nSPS) is 12.0. The van der Waals surface area contributed by atoms with Crippen LogP contribution in [0.1, 0.15) is 31.1 Å². The minimum absolute atomic E-state index is 0.141. The Bertz CT molecular complexity index is 595. The van der Waals surface area contributed by atoms with Gasteiger partial charge in [-0.3, -0.25) is 4.79 Å². The fourth-order valence-electron chi connectivity index (χ4n) is 1.68. The number of rotatable bonds is 5. The van der Waals surface area contributed by atoms with Crippen molar-refractivity contribution >= 4 is 40.6 Å². The summed E-state index contributed by atoms with van der Waals surface area (Å²) < 4.78 is 10.7. The molecule has 0 bridgehead atoms. The summed E-state index contributed by atoms with van der Waals surface area (Å²) in [6, 6.07) is 5.83. The van der Waals surface area contributed by atoms with E-state index in [4.69, 9.17) is 4.74 Å². The molecule has 1 aromatic rings. The maximum absolute atomic E-state index is 12.2. The number of hydrogen-bond donors (Lipinski definition) is 2. The Morgan fingerprint density at radius 3 is 2.25 bits per heavy atom. The third-order valence-corrected chi connectivity index (χ3v) is 3.47. The smallest absolute Gasteiger partial charge is 0.407 e. The zero-order valence-corrected chi connectivity index (χ0v) is 16.2. The zero-order chi connectivity index (χ0) is 18.3.